The molecule has 0 radical (unpaired) electrons. The first-order valence-electron chi connectivity index (χ1n) is 17.9. The minimum Gasteiger partial charge on any atom is -0.388 e. The second-order valence-corrected chi connectivity index (χ2v) is 18.6. The van der Waals surface area contributed by atoms with E-state index in [1.807, 2.05) is 0 Å². The van der Waals surface area contributed by atoms with Crippen LogP contribution in [0.25, 0.3) is 0 Å². The molecule has 0 aromatic carbocycles. The Balaban J connectivity index is 1.12. The van der Waals surface area contributed by atoms with E-state index < -0.39 is 53.6 Å². The Morgan fingerprint density at radius 1 is 0.822 bits per heavy atom. The summed E-state index contributed by atoms with van der Waals surface area (Å²) in [5, 5.41) is 54.8. The van der Waals surface area contributed by atoms with Crippen LogP contribution in [0.15, 0.2) is 0 Å². The van der Waals surface area contributed by atoms with Crippen molar-refractivity contribution in [2.45, 2.75) is 161 Å². The molecule has 18 atom stereocenters. The largest absolute Gasteiger partial charge is 0.388 e. The van der Waals surface area contributed by atoms with Gasteiger partial charge in [-0.3, -0.25) is 0 Å². The van der Waals surface area contributed by atoms with Crippen LogP contribution < -0.4 is 0 Å². The van der Waals surface area contributed by atoms with Gasteiger partial charge >= 0.3 is 0 Å². The molecule has 3 spiro atoms. The molecule has 5 saturated carbocycles. The zero-order chi connectivity index (χ0) is 32.5. The molecule has 3 aliphatic heterocycles. The van der Waals surface area contributed by atoms with Crippen molar-refractivity contribution < 1.29 is 44.5 Å². The molecule has 8 fully saturated rings. The van der Waals surface area contributed by atoms with Gasteiger partial charge in [0.05, 0.1) is 24.4 Å². The van der Waals surface area contributed by atoms with Crippen LogP contribution in [0.1, 0.15) is 100 Å². The summed E-state index contributed by atoms with van der Waals surface area (Å²) in [5.41, 5.74) is -1.53. The van der Waals surface area contributed by atoms with E-state index in [0.29, 0.717) is 23.7 Å². The summed E-state index contributed by atoms with van der Waals surface area (Å²) in [5.74, 6) is 0.553. The highest BCUT2D eigenvalue weighted by atomic mass is 16.8. The third kappa shape index (κ3) is 3.42. The van der Waals surface area contributed by atoms with Crippen molar-refractivity contribution in [2.24, 2.45) is 56.7 Å². The number of ether oxygens (including phenoxy) is 4. The summed E-state index contributed by atoms with van der Waals surface area (Å²) in [6.45, 7) is 17.7. The quantitative estimate of drug-likeness (QED) is 0.296. The molecule has 5 N–H and O–H groups in total. The summed E-state index contributed by atoms with van der Waals surface area (Å²) in [6, 6.07) is 0. The van der Waals surface area contributed by atoms with E-state index in [2.05, 4.69) is 41.5 Å². The van der Waals surface area contributed by atoms with Crippen molar-refractivity contribution >= 4 is 0 Å². The first kappa shape index (κ1) is 31.9. The van der Waals surface area contributed by atoms with Gasteiger partial charge in [0.1, 0.15) is 30.5 Å². The van der Waals surface area contributed by atoms with Gasteiger partial charge in [0, 0.05) is 11.3 Å². The van der Waals surface area contributed by atoms with Crippen LogP contribution in [-0.2, 0) is 18.9 Å². The molecule has 9 nitrogen and oxygen atoms in total. The number of fused-ring (bicyclic) bond motifs is 4. The molecule has 9 heteroatoms. The van der Waals surface area contributed by atoms with Crippen LogP contribution in [0.4, 0.5) is 0 Å². The predicted molar refractivity (Wildman–Crippen MR) is 163 cm³/mol. The number of hydrogen-bond donors (Lipinski definition) is 5. The standard InChI is InChI=1S/C36H58O9/c1-17-15-20-27(31(5,6)41)45-36(44-20)26(17)32(7)13-14-35-18(2)34(35)12-11-23(43-28-25(39)24(38)19(37)16-42-28)30(3,4)21(34)9-10-22(35)33(32,8)29(36)40/h17-29,37-41H,9-16H2,1-8H3/t17-,18-,19+,20-,21+,22+,23+,24+,25-,26-,27+,28+,29-,32-,33-,34-,35+,36?/m1/s1. The Kier molecular flexibility index (Phi) is 6.55. The first-order chi connectivity index (χ1) is 20.9. The topological polar surface area (TPSA) is 138 Å². The van der Waals surface area contributed by atoms with E-state index in [1.54, 1.807) is 13.8 Å². The van der Waals surface area contributed by atoms with Crippen LogP contribution in [0, 0.1) is 56.7 Å². The lowest BCUT2D eigenvalue weighted by Crippen LogP contribution is -2.61. The molecule has 0 aromatic heterocycles. The molecule has 2 bridgehead atoms. The molecule has 8 rings (SSSR count). The monoisotopic (exact) mass is 634 g/mol. The van der Waals surface area contributed by atoms with E-state index in [9.17, 15) is 25.5 Å². The van der Waals surface area contributed by atoms with Gasteiger partial charge in [0.2, 0.25) is 0 Å². The molecular formula is C36H58O9. The van der Waals surface area contributed by atoms with Crippen molar-refractivity contribution in [3.05, 3.63) is 0 Å². The van der Waals surface area contributed by atoms with Crippen molar-refractivity contribution in [2.75, 3.05) is 6.61 Å². The molecule has 45 heavy (non-hydrogen) atoms. The number of aliphatic hydroxyl groups is 5. The third-order valence-corrected chi connectivity index (χ3v) is 16.6. The highest BCUT2D eigenvalue weighted by Crippen LogP contribution is 2.92. The fourth-order valence-electron chi connectivity index (χ4n) is 14.7. The van der Waals surface area contributed by atoms with Gasteiger partial charge in [-0.25, -0.2) is 0 Å². The Bertz CT molecular complexity index is 1240. The molecule has 0 amide bonds. The molecule has 3 heterocycles. The van der Waals surface area contributed by atoms with E-state index in [1.165, 1.54) is 0 Å². The molecular weight excluding hydrogens is 576 g/mol. The maximum Gasteiger partial charge on any atom is 0.199 e. The Labute approximate surface area is 268 Å². The molecule has 0 aromatic rings. The van der Waals surface area contributed by atoms with Crippen LogP contribution in [0.2, 0.25) is 0 Å². The van der Waals surface area contributed by atoms with Crippen molar-refractivity contribution in [1.29, 1.82) is 0 Å². The Hall–Kier alpha value is -0.360. The lowest BCUT2D eigenvalue weighted by Gasteiger charge is -2.63. The van der Waals surface area contributed by atoms with E-state index in [-0.39, 0.29) is 46.4 Å². The van der Waals surface area contributed by atoms with Crippen LogP contribution in [0.5, 0.6) is 0 Å². The fourth-order valence-corrected chi connectivity index (χ4v) is 14.7. The second kappa shape index (κ2) is 9.25. The lowest BCUT2D eigenvalue weighted by molar-refractivity contribution is -0.303. The second-order valence-electron chi connectivity index (χ2n) is 18.6. The average molecular weight is 635 g/mol. The van der Waals surface area contributed by atoms with Gasteiger partial charge in [-0.15, -0.1) is 0 Å². The molecule has 8 aliphatic rings. The Morgan fingerprint density at radius 3 is 2.18 bits per heavy atom. The fraction of sp³-hybridized carbons (Fsp3) is 1.00. The molecule has 3 saturated heterocycles. The van der Waals surface area contributed by atoms with Gasteiger partial charge in [-0.1, -0.05) is 41.5 Å². The third-order valence-electron chi connectivity index (χ3n) is 16.6. The number of aliphatic hydroxyl groups excluding tert-OH is 4. The normalized spacial score (nSPS) is 62.7. The number of rotatable bonds is 3. The zero-order valence-electron chi connectivity index (χ0n) is 28.5. The van der Waals surface area contributed by atoms with Gasteiger partial charge < -0.3 is 44.5 Å². The molecule has 1 unspecified atom stereocenters. The van der Waals surface area contributed by atoms with Crippen molar-refractivity contribution in [3.8, 4) is 0 Å². The lowest BCUT2D eigenvalue weighted by atomic mass is 9.41. The summed E-state index contributed by atoms with van der Waals surface area (Å²) in [4.78, 5) is 0. The van der Waals surface area contributed by atoms with Gasteiger partial charge in [0.15, 0.2) is 12.1 Å². The molecule has 256 valence electrons. The van der Waals surface area contributed by atoms with Gasteiger partial charge in [-0.2, -0.15) is 0 Å². The van der Waals surface area contributed by atoms with Crippen molar-refractivity contribution in [1.82, 2.24) is 0 Å². The minimum atomic E-state index is -1.29. The van der Waals surface area contributed by atoms with E-state index >= 15 is 0 Å². The smallest absolute Gasteiger partial charge is 0.199 e. The zero-order valence-corrected chi connectivity index (χ0v) is 28.5. The van der Waals surface area contributed by atoms with Gasteiger partial charge in [-0.05, 0) is 104 Å². The highest BCUT2D eigenvalue weighted by Gasteiger charge is 2.90. The van der Waals surface area contributed by atoms with Crippen LogP contribution >= 0.6 is 0 Å². The maximum atomic E-state index is 12.7. The maximum absolute atomic E-state index is 12.7. The van der Waals surface area contributed by atoms with E-state index in [0.717, 1.165) is 44.9 Å². The van der Waals surface area contributed by atoms with Crippen molar-refractivity contribution in [3.63, 3.8) is 0 Å². The number of hydrogen-bond acceptors (Lipinski definition) is 9. The average Bonchev–Trinajstić information content (AvgIpc) is 3.23. The molecule has 5 aliphatic carbocycles. The van der Waals surface area contributed by atoms with E-state index in [4.69, 9.17) is 18.9 Å². The summed E-state index contributed by atoms with van der Waals surface area (Å²) < 4.78 is 25.9. The summed E-state index contributed by atoms with van der Waals surface area (Å²) in [6.07, 6.45) is 0.691. The van der Waals surface area contributed by atoms with Gasteiger partial charge in [0.25, 0.3) is 0 Å². The minimum absolute atomic E-state index is 0.0588. The van der Waals surface area contributed by atoms with Crippen LogP contribution in [0.3, 0.4) is 0 Å². The first-order valence-corrected chi connectivity index (χ1v) is 17.9. The highest BCUT2D eigenvalue weighted by molar-refractivity contribution is 5.36. The summed E-state index contributed by atoms with van der Waals surface area (Å²) in [7, 11) is 0. The van der Waals surface area contributed by atoms with Crippen LogP contribution in [-0.4, -0.2) is 92.5 Å². The SMILES string of the molecule is C[C@H]1[C@@]23CC[C@]4(C)[C@H]5[C@H](C)C[C@H]6OC5(O[C@@H]6C(C)(C)O)[C@H](O)[C@@]4(C)[C@@H]2CC[C@H]2C(C)(C)[C@@H](O[C@@H]4OC[C@H](O)[C@H](O)[C@H]4O)CC[C@@]123. The Morgan fingerprint density at radius 2 is 1.49 bits per heavy atom. The summed E-state index contributed by atoms with van der Waals surface area (Å²) >= 11 is 0. The predicted octanol–water partition coefficient (Wildman–Crippen LogP) is 3.37.